The van der Waals surface area contributed by atoms with Crippen LogP contribution in [0.4, 0.5) is 0 Å². The number of nitrogens with zero attached hydrogens (tertiary/aromatic N) is 3. The van der Waals surface area contributed by atoms with Gasteiger partial charge >= 0.3 is 0 Å². The third-order valence-corrected chi connectivity index (χ3v) is 5.56. The Morgan fingerprint density at radius 2 is 2.19 bits per heavy atom. The number of rotatable bonds is 7. The van der Waals surface area contributed by atoms with Crippen molar-refractivity contribution in [3.05, 3.63) is 35.2 Å². The molecule has 0 radical (unpaired) electrons. The predicted molar refractivity (Wildman–Crippen MR) is 104 cm³/mol. The van der Waals surface area contributed by atoms with Gasteiger partial charge in [-0.15, -0.1) is 0 Å². The van der Waals surface area contributed by atoms with Gasteiger partial charge in [-0.3, -0.25) is 4.98 Å². The highest BCUT2D eigenvalue weighted by Crippen LogP contribution is 2.35. The molecular formula is C19H22N4O3S. The summed E-state index contributed by atoms with van der Waals surface area (Å²) in [5.74, 6) is 2.25. The summed E-state index contributed by atoms with van der Waals surface area (Å²) < 4.78 is 16.4. The molecule has 7 nitrogen and oxygen atoms in total. The van der Waals surface area contributed by atoms with Crippen molar-refractivity contribution >= 4 is 22.9 Å². The van der Waals surface area contributed by atoms with E-state index in [-0.39, 0.29) is 6.10 Å². The lowest BCUT2D eigenvalue weighted by molar-refractivity contribution is 0.138. The summed E-state index contributed by atoms with van der Waals surface area (Å²) in [7, 11) is 3.31. The summed E-state index contributed by atoms with van der Waals surface area (Å²) in [6.45, 7) is 2.78. The largest absolute Gasteiger partial charge is 0.489 e. The van der Waals surface area contributed by atoms with Crippen LogP contribution in [0.2, 0.25) is 0 Å². The summed E-state index contributed by atoms with van der Waals surface area (Å²) in [6.07, 6.45) is 3.91. The van der Waals surface area contributed by atoms with E-state index in [0.717, 1.165) is 40.5 Å². The lowest BCUT2D eigenvalue weighted by atomic mass is 10.1. The van der Waals surface area contributed by atoms with Crippen LogP contribution in [-0.4, -0.2) is 46.9 Å². The second-order valence-corrected chi connectivity index (χ2v) is 7.43. The molecule has 1 aliphatic heterocycles. The number of aromatic nitrogens is 4. The van der Waals surface area contributed by atoms with Crippen LogP contribution in [0.5, 0.6) is 11.6 Å². The number of thioether (sulfide) groups is 1. The van der Waals surface area contributed by atoms with E-state index in [1.54, 1.807) is 26.0 Å². The lowest BCUT2D eigenvalue weighted by Crippen LogP contribution is -2.15. The Morgan fingerprint density at radius 3 is 3.00 bits per heavy atom. The molecule has 3 aromatic rings. The molecule has 4 rings (SSSR count). The van der Waals surface area contributed by atoms with Crippen molar-refractivity contribution in [2.24, 2.45) is 0 Å². The highest BCUT2D eigenvalue weighted by Gasteiger charge is 2.26. The van der Waals surface area contributed by atoms with Gasteiger partial charge in [0, 0.05) is 55.7 Å². The zero-order valence-electron chi connectivity index (χ0n) is 15.6. The maximum Gasteiger partial charge on any atom is 0.215 e. The first-order chi connectivity index (χ1) is 13.2. The van der Waals surface area contributed by atoms with Crippen molar-refractivity contribution in [1.29, 1.82) is 0 Å². The molecule has 0 saturated heterocycles. The molecule has 0 aromatic carbocycles. The molecule has 1 aliphatic rings. The normalized spacial score (nSPS) is 15.7. The van der Waals surface area contributed by atoms with Crippen LogP contribution >= 0.6 is 11.8 Å². The van der Waals surface area contributed by atoms with E-state index in [1.807, 2.05) is 18.3 Å². The van der Waals surface area contributed by atoms with E-state index in [0.29, 0.717) is 23.9 Å². The molecule has 1 unspecified atom stereocenters. The third-order valence-electron chi connectivity index (χ3n) is 4.67. The number of aromatic amines is 1. The first-order valence-corrected chi connectivity index (χ1v) is 9.83. The van der Waals surface area contributed by atoms with E-state index in [4.69, 9.17) is 14.2 Å². The van der Waals surface area contributed by atoms with Gasteiger partial charge in [-0.1, -0.05) is 11.8 Å². The van der Waals surface area contributed by atoms with Crippen LogP contribution < -0.4 is 9.47 Å². The van der Waals surface area contributed by atoms with Crippen molar-refractivity contribution < 1.29 is 14.2 Å². The Bertz CT molecular complexity index is 960. The first kappa shape index (κ1) is 18.1. The number of fused-ring (bicyclic) bond motifs is 2. The number of nitrogens with one attached hydrogen (secondary N) is 1. The van der Waals surface area contributed by atoms with E-state index in [9.17, 15) is 0 Å². The van der Waals surface area contributed by atoms with Gasteiger partial charge in [0.05, 0.1) is 18.3 Å². The molecule has 1 atom stereocenters. The number of H-pyrrole nitrogens is 1. The first-order valence-electron chi connectivity index (χ1n) is 8.84. The van der Waals surface area contributed by atoms with Gasteiger partial charge in [0.1, 0.15) is 11.9 Å². The number of hydrogen-bond acceptors (Lipinski definition) is 7. The minimum Gasteiger partial charge on any atom is -0.489 e. The third kappa shape index (κ3) is 3.72. The van der Waals surface area contributed by atoms with E-state index in [1.165, 1.54) is 5.56 Å². The summed E-state index contributed by atoms with van der Waals surface area (Å²) in [5, 5.41) is 0.811. The highest BCUT2D eigenvalue weighted by molar-refractivity contribution is 7.98. The molecule has 142 valence electrons. The minimum absolute atomic E-state index is 0.180. The van der Waals surface area contributed by atoms with Crippen LogP contribution in [0.3, 0.4) is 0 Å². The topological polar surface area (TPSA) is 82.2 Å². The second kappa shape index (κ2) is 7.74. The van der Waals surface area contributed by atoms with Crippen molar-refractivity contribution in [3.8, 4) is 11.6 Å². The van der Waals surface area contributed by atoms with Crippen molar-refractivity contribution in [2.75, 3.05) is 20.8 Å². The van der Waals surface area contributed by atoms with Crippen LogP contribution in [-0.2, 0) is 16.9 Å². The Kier molecular flexibility index (Phi) is 5.18. The molecule has 0 bridgehead atoms. The summed E-state index contributed by atoms with van der Waals surface area (Å²) in [5.41, 5.74) is 4.84. The number of ether oxygens (including phenoxy) is 3. The van der Waals surface area contributed by atoms with Gasteiger partial charge in [-0.2, -0.15) is 4.98 Å². The lowest BCUT2D eigenvalue weighted by Gasteiger charge is -2.12. The van der Waals surface area contributed by atoms with Crippen LogP contribution in [0, 0.1) is 6.92 Å². The smallest absolute Gasteiger partial charge is 0.215 e. The van der Waals surface area contributed by atoms with Gasteiger partial charge < -0.3 is 19.2 Å². The van der Waals surface area contributed by atoms with Crippen LogP contribution in [0.1, 0.15) is 23.2 Å². The van der Waals surface area contributed by atoms with Gasteiger partial charge in [-0.25, -0.2) is 4.98 Å². The zero-order valence-corrected chi connectivity index (χ0v) is 16.4. The predicted octanol–water partition coefficient (Wildman–Crippen LogP) is 3.30. The molecule has 0 spiro atoms. The molecule has 27 heavy (non-hydrogen) atoms. The SMILES string of the molecule is COCCC1Cc2cnc(CSc3nc4nc(OC)ccc4[nH]3)c(C)c2O1. The van der Waals surface area contributed by atoms with Gasteiger partial charge in [0.2, 0.25) is 5.88 Å². The molecule has 0 amide bonds. The van der Waals surface area contributed by atoms with Crippen LogP contribution in [0.15, 0.2) is 23.5 Å². The average Bonchev–Trinajstić information content (AvgIpc) is 3.29. The Morgan fingerprint density at radius 1 is 1.30 bits per heavy atom. The molecule has 0 saturated carbocycles. The van der Waals surface area contributed by atoms with E-state index >= 15 is 0 Å². The van der Waals surface area contributed by atoms with Gasteiger partial charge in [-0.05, 0) is 13.0 Å². The highest BCUT2D eigenvalue weighted by atomic mass is 32.2. The minimum atomic E-state index is 0.180. The summed E-state index contributed by atoms with van der Waals surface area (Å²) >= 11 is 1.60. The van der Waals surface area contributed by atoms with E-state index < -0.39 is 0 Å². The monoisotopic (exact) mass is 386 g/mol. The molecule has 0 aliphatic carbocycles. The Labute approximate surface area is 161 Å². The molecule has 4 heterocycles. The van der Waals surface area contributed by atoms with E-state index in [2.05, 4.69) is 26.9 Å². The molecule has 3 aromatic heterocycles. The molecular weight excluding hydrogens is 364 g/mol. The quantitative estimate of drug-likeness (QED) is 0.624. The fourth-order valence-electron chi connectivity index (χ4n) is 3.17. The Hall–Kier alpha value is -2.32. The Balaban J connectivity index is 1.46. The average molecular weight is 386 g/mol. The number of methoxy groups -OCH3 is 2. The van der Waals surface area contributed by atoms with Crippen molar-refractivity contribution in [3.63, 3.8) is 0 Å². The molecule has 8 heteroatoms. The number of imidazole rings is 1. The second-order valence-electron chi connectivity index (χ2n) is 6.47. The number of pyridine rings is 2. The summed E-state index contributed by atoms with van der Waals surface area (Å²) in [6, 6.07) is 3.74. The van der Waals surface area contributed by atoms with Gasteiger partial charge in [0.25, 0.3) is 0 Å². The maximum absolute atomic E-state index is 6.13. The van der Waals surface area contributed by atoms with Crippen molar-refractivity contribution in [1.82, 2.24) is 19.9 Å². The fourth-order valence-corrected chi connectivity index (χ4v) is 4.07. The number of hydrogen-bond donors (Lipinski definition) is 1. The summed E-state index contributed by atoms with van der Waals surface area (Å²) in [4.78, 5) is 16.8. The van der Waals surface area contributed by atoms with Gasteiger partial charge in [0.15, 0.2) is 10.8 Å². The van der Waals surface area contributed by atoms with Crippen molar-refractivity contribution in [2.45, 2.75) is 36.8 Å². The molecule has 1 N–H and O–H groups in total. The maximum atomic E-state index is 6.13. The zero-order chi connectivity index (χ0) is 18.8. The van der Waals surface area contributed by atoms with Crippen LogP contribution in [0.25, 0.3) is 11.2 Å². The standard InChI is InChI=1S/C19H22N4O3S/c1-11-15(20-9-12-8-13(6-7-24-2)26-17(11)12)10-27-19-21-14-4-5-16(25-3)22-18(14)23-19/h4-5,9,13H,6-8,10H2,1-3H3,(H,21,22,23). The fraction of sp³-hybridized carbons (Fsp3) is 0.421. The molecule has 0 fully saturated rings.